The van der Waals surface area contributed by atoms with E-state index in [0.29, 0.717) is 17.7 Å². The first-order valence-electron chi connectivity index (χ1n) is 7.14. The summed E-state index contributed by atoms with van der Waals surface area (Å²) in [6.07, 6.45) is 9.45. The number of ether oxygens (including phenoxy) is 1. The third-order valence-corrected chi connectivity index (χ3v) is 2.71. The summed E-state index contributed by atoms with van der Waals surface area (Å²) in [5, 5.41) is 0. The molecule has 0 fully saturated rings. The lowest BCUT2D eigenvalue weighted by Gasteiger charge is -2.06. The lowest BCUT2D eigenvalue weighted by Crippen LogP contribution is -2.01. The van der Waals surface area contributed by atoms with Crippen molar-refractivity contribution in [1.29, 1.82) is 0 Å². The van der Waals surface area contributed by atoms with Gasteiger partial charge in [-0.2, -0.15) is 0 Å². The van der Waals surface area contributed by atoms with E-state index in [9.17, 15) is 0 Å². The van der Waals surface area contributed by atoms with E-state index >= 15 is 0 Å². The van der Waals surface area contributed by atoms with Crippen LogP contribution in [0.5, 0.6) is 5.88 Å². The maximum absolute atomic E-state index is 5.07. The minimum Gasteiger partial charge on any atom is -0.480 e. The second-order valence-electron chi connectivity index (χ2n) is 5.40. The molecule has 2 aromatic heterocycles. The molecule has 0 aromatic carbocycles. The van der Waals surface area contributed by atoms with Gasteiger partial charge in [0.1, 0.15) is 5.69 Å². The molecule has 5 nitrogen and oxygen atoms in total. The molecule has 0 saturated carbocycles. The number of methoxy groups -OCH3 is 1. The molecule has 114 valence electrons. The SMILES string of the molecule is CC(C)c1cnccn1.COc1nccnc1CC(C)C. The highest BCUT2D eigenvalue weighted by Crippen LogP contribution is 2.14. The normalized spacial score (nSPS) is 10.2. The number of hydrogen-bond donors (Lipinski definition) is 0. The van der Waals surface area contributed by atoms with E-state index in [4.69, 9.17) is 4.74 Å². The van der Waals surface area contributed by atoms with Crippen molar-refractivity contribution in [2.24, 2.45) is 5.92 Å². The Hall–Kier alpha value is -2.04. The maximum atomic E-state index is 5.07. The summed E-state index contributed by atoms with van der Waals surface area (Å²) in [4.78, 5) is 16.3. The summed E-state index contributed by atoms with van der Waals surface area (Å²) in [5.74, 6) is 1.71. The smallest absolute Gasteiger partial charge is 0.235 e. The molecule has 0 aliphatic heterocycles. The molecular formula is C16H24N4O. The zero-order valence-electron chi connectivity index (χ0n) is 13.4. The topological polar surface area (TPSA) is 60.8 Å². The number of hydrogen-bond acceptors (Lipinski definition) is 5. The van der Waals surface area contributed by atoms with Crippen LogP contribution in [0.4, 0.5) is 0 Å². The van der Waals surface area contributed by atoms with E-state index in [1.165, 1.54) is 0 Å². The molecule has 0 saturated heterocycles. The molecule has 21 heavy (non-hydrogen) atoms. The van der Waals surface area contributed by atoms with Crippen molar-refractivity contribution in [1.82, 2.24) is 19.9 Å². The fourth-order valence-electron chi connectivity index (χ4n) is 1.66. The van der Waals surface area contributed by atoms with Gasteiger partial charge in [-0.25, -0.2) is 4.98 Å². The lowest BCUT2D eigenvalue weighted by atomic mass is 10.1. The van der Waals surface area contributed by atoms with Crippen LogP contribution in [-0.2, 0) is 6.42 Å². The van der Waals surface area contributed by atoms with E-state index in [2.05, 4.69) is 47.6 Å². The molecule has 0 bridgehead atoms. The highest BCUT2D eigenvalue weighted by Gasteiger charge is 2.06. The van der Waals surface area contributed by atoms with Gasteiger partial charge < -0.3 is 4.74 Å². The van der Waals surface area contributed by atoms with Crippen molar-refractivity contribution in [2.75, 3.05) is 7.11 Å². The highest BCUT2D eigenvalue weighted by atomic mass is 16.5. The van der Waals surface area contributed by atoms with E-state index in [1.54, 1.807) is 38.1 Å². The quantitative estimate of drug-likeness (QED) is 0.864. The monoisotopic (exact) mass is 288 g/mol. The van der Waals surface area contributed by atoms with Crippen LogP contribution in [0.2, 0.25) is 0 Å². The molecule has 0 amide bonds. The first-order valence-corrected chi connectivity index (χ1v) is 7.14. The van der Waals surface area contributed by atoms with E-state index in [1.807, 2.05) is 0 Å². The standard InChI is InChI=1S/C9H14N2O.C7H10N2/c1-7(2)6-8-9(12-3)11-5-4-10-8;1-6(2)7-5-8-3-4-9-7/h4-5,7H,6H2,1-3H3;3-6H,1-2H3. The van der Waals surface area contributed by atoms with Gasteiger partial charge >= 0.3 is 0 Å². The van der Waals surface area contributed by atoms with Gasteiger partial charge in [-0.05, 0) is 18.3 Å². The van der Waals surface area contributed by atoms with Crippen LogP contribution in [0.3, 0.4) is 0 Å². The Balaban J connectivity index is 0.000000219. The van der Waals surface area contributed by atoms with E-state index in [-0.39, 0.29) is 0 Å². The fourth-order valence-corrected chi connectivity index (χ4v) is 1.66. The van der Waals surface area contributed by atoms with Gasteiger partial charge in [0.25, 0.3) is 0 Å². The molecule has 0 radical (unpaired) electrons. The van der Waals surface area contributed by atoms with Gasteiger partial charge in [-0.1, -0.05) is 27.7 Å². The zero-order chi connectivity index (χ0) is 15.7. The van der Waals surface area contributed by atoms with Crippen molar-refractivity contribution >= 4 is 0 Å². The van der Waals surface area contributed by atoms with Crippen LogP contribution in [0, 0.1) is 5.92 Å². The number of aromatic nitrogens is 4. The first kappa shape index (κ1) is 17.0. The third kappa shape index (κ3) is 6.29. The van der Waals surface area contributed by atoms with Crippen molar-refractivity contribution < 1.29 is 4.74 Å². The van der Waals surface area contributed by atoms with Crippen molar-refractivity contribution in [3.8, 4) is 5.88 Å². The van der Waals surface area contributed by atoms with Gasteiger partial charge in [0.2, 0.25) is 5.88 Å². The van der Waals surface area contributed by atoms with Crippen LogP contribution in [-0.4, -0.2) is 27.0 Å². The number of nitrogens with zero attached hydrogens (tertiary/aromatic N) is 4. The minimum absolute atomic E-state index is 0.485. The van der Waals surface area contributed by atoms with Crippen LogP contribution in [0.1, 0.15) is 45.0 Å². The molecule has 2 aromatic rings. The van der Waals surface area contributed by atoms with Crippen LogP contribution >= 0.6 is 0 Å². The van der Waals surface area contributed by atoms with Gasteiger partial charge in [0.15, 0.2) is 0 Å². The molecule has 0 N–H and O–H groups in total. The van der Waals surface area contributed by atoms with Crippen molar-refractivity contribution in [3.63, 3.8) is 0 Å². The molecule has 0 unspecified atom stereocenters. The second-order valence-corrected chi connectivity index (χ2v) is 5.40. The molecule has 0 aliphatic rings. The molecule has 0 atom stereocenters. The average molecular weight is 288 g/mol. The maximum Gasteiger partial charge on any atom is 0.235 e. The summed E-state index contributed by atoms with van der Waals surface area (Å²) in [7, 11) is 1.62. The molecule has 5 heteroatoms. The van der Waals surface area contributed by atoms with Crippen molar-refractivity contribution in [2.45, 2.75) is 40.0 Å². The lowest BCUT2D eigenvalue weighted by molar-refractivity contribution is 0.386. The van der Waals surface area contributed by atoms with Gasteiger partial charge in [0.05, 0.1) is 12.8 Å². The van der Waals surface area contributed by atoms with Gasteiger partial charge in [-0.15, -0.1) is 0 Å². The molecule has 2 heterocycles. The zero-order valence-corrected chi connectivity index (χ0v) is 13.4. The molecule has 2 rings (SSSR count). The predicted molar refractivity (Wildman–Crippen MR) is 83.2 cm³/mol. The Kier molecular flexibility index (Phi) is 7.29. The average Bonchev–Trinajstić information content (AvgIpc) is 2.49. The molecule has 0 aliphatic carbocycles. The Bertz CT molecular complexity index is 515. The summed E-state index contributed by atoms with van der Waals surface area (Å²) >= 11 is 0. The Labute approximate surface area is 126 Å². The Morgan fingerprint density at radius 3 is 2.10 bits per heavy atom. The fraction of sp³-hybridized carbons (Fsp3) is 0.500. The second kappa shape index (κ2) is 9.00. The molecular weight excluding hydrogens is 264 g/mol. The summed E-state index contributed by atoms with van der Waals surface area (Å²) in [5.41, 5.74) is 1.99. The van der Waals surface area contributed by atoms with Gasteiger partial charge in [-0.3, -0.25) is 15.0 Å². The van der Waals surface area contributed by atoms with Crippen LogP contribution in [0.15, 0.2) is 31.0 Å². The predicted octanol–water partition coefficient (Wildman–Crippen LogP) is 3.28. The summed E-state index contributed by atoms with van der Waals surface area (Å²) in [6, 6.07) is 0. The summed E-state index contributed by atoms with van der Waals surface area (Å²) < 4.78 is 5.07. The minimum atomic E-state index is 0.485. The third-order valence-electron chi connectivity index (χ3n) is 2.71. The van der Waals surface area contributed by atoms with Crippen molar-refractivity contribution in [3.05, 3.63) is 42.4 Å². The van der Waals surface area contributed by atoms with Crippen LogP contribution in [0.25, 0.3) is 0 Å². The summed E-state index contributed by atoms with van der Waals surface area (Å²) in [6.45, 7) is 8.50. The van der Waals surface area contributed by atoms with E-state index in [0.717, 1.165) is 17.8 Å². The first-order chi connectivity index (χ1) is 10.0. The number of rotatable bonds is 4. The van der Waals surface area contributed by atoms with E-state index < -0.39 is 0 Å². The molecule has 0 spiro atoms. The highest BCUT2D eigenvalue weighted by molar-refractivity contribution is 5.17. The Morgan fingerprint density at radius 2 is 1.62 bits per heavy atom. The van der Waals surface area contributed by atoms with Gasteiger partial charge in [0, 0.05) is 31.0 Å². The van der Waals surface area contributed by atoms with Crippen LogP contribution < -0.4 is 4.74 Å². The Morgan fingerprint density at radius 1 is 0.952 bits per heavy atom. The largest absolute Gasteiger partial charge is 0.480 e.